The molecule has 0 spiro atoms. The van der Waals surface area contributed by atoms with Crippen molar-refractivity contribution in [1.29, 1.82) is 0 Å². The number of morpholine rings is 1. The molecule has 0 radical (unpaired) electrons. The molecule has 2 rings (SSSR count). The monoisotopic (exact) mass is 327 g/mol. The van der Waals surface area contributed by atoms with Crippen molar-refractivity contribution in [2.75, 3.05) is 39.5 Å². The van der Waals surface area contributed by atoms with Crippen LogP contribution < -0.4 is 61.6 Å². The molecule has 1 saturated heterocycles. The summed E-state index contributed by atoms with van der Waals surface area (Å²) in [6, 6.07) is 4.18. The first kappa shape index (κ1) is 19.5. The fraction of sp³-hybridized carbons (Fsp3) is 0.538. The van der Waals surface area contributed by atoms with Crippen LogP contribution in [0.2, 0.25) is 0 Å². The standard InChI is InChI=1S/C13H18BF3NO2.K/c1-11-2-3-13(12(10-11)14(15,16)17)20-9-6-18-4-7-19-8-5-18;/h2-3,10H,4-9H2,1H3;/q-1;+1. The van der Waals surface area contributed by atoms with E-state index in [-0.39, 0.29) is 63.7 Å². The molecule has 0 N–H and O–H groups in total. The summed E-state index contributed by atoms with van der Waals surface area (Å²) in [5, 5.41) is 0. The first-order valence-electron chi connectivity index (χ1n) is 6.70. The largest absolute Gasteiger partial charge is 1.00 e. The third kappa shape index (κ3) is 6.21. The second-order valence-electron chi connectivity index (χ2n) is 4.92. The van der Waals surface area contributed by atoms with E-state index in [1.165, 1.54) is 6.07 Å². The number of aryl methyl sites for hydroxylation is 1. The van der Waals surface area contributed by atoms with Crippen molar-refractivity contribution in [2.45, 2.75) is 6.92 Å². The second-order valence-corrected chi connectivity index (χ2v) is 4.92. The molecular weight excluding hydrogens is 309 g/mol. The summed E-state index contributed by atoms with van der Waals surface area (Å²) in [7, 11) is 0. The molecule has 0 atom stereocenters. The van der Waals surface area contributed by atoms with Gasteiger partial charge >= 0.3 is 58.4 Å². The zero-order chi connectivity index (χ0) is 14.6. The number of halogens is 3. The van der Waals surface area contributed by atoms with Crippen LogP contribution in [0.3, 0.4) is 0 Å². The van der Waals surface area contributed by atoms with Crippen LogP contribution in [-0.2, 0) is 4.74 Å². The van der Waals surface area contributed by atoms with Gasteiger partial charge in [0.2, 0.25) is 0 Å². The smallest absolute Gasteiger partial charge is 0.495 e. The Labute approximate surface area is 165 Å². The van der Waals surface area contributed by atoms with Gasteiger partial charge in [-0.25, -0.2) is 0 Å². The zero-order valence-corrected chi connectivity index (χ0v) is 15.6. The Hall–Kier alpha value is 0.431. The normalized spacial score (nSPS) is 16.4. The van der Waals surface area contributed by atoms with Crippen LogP contribution in [0, 0.1) is 6.92 Å². The van der Waals surface area contributed by atoms with Crippen LogP contribution in [0.15, 0.2) is 18.2 Å². The maximum Gasteiger partial charge on any atom is 1.00 e. The van der Waals surface area contributed by atoms with Crippen molar-refractivity contribution in [3.63, 3.8) is 0 Å². The maximum absolute atomic E-state index is 13.0. The number of rotatable bonds is 5. The quantitative estimate of drug-likeness (QED) is 0.632. The summed E-state index contributed by atoms with van der Waals surface area (Å²) < 4.78 is 49.4. The van der Waals surface area contributed by atoms with E-state index in [0.29, 0.717) is 25.3 Å². The van der Waals surface area contributed by atoms with Crippen LogP contribution >= 0.6 is 0 Å². The number of nitrogens with zero attached hydrogens (tertiary/aromatic N) is 1. The molecule has 1 aliphatic rings. The van der Waals surface area contributed by atoms with Crippen LogP contribution in [0.4, 0.5) is 12.9 Å². The summed E-state index contributed by atoms with van der Waals surface area (Å²) in [4.78, 5) is 2.12. The fourth-order valence-corrected chi connectivity index (χ4v) is 2.16. The minimum Gasteiger partial charge on any atom is -0.495 e. The van der Waals surface area contributed by atoms with E-state index >= 15 is 0 Å². The van der Waals surface area contributed by atoms with Crippen molar-refractivity contribution in [3.8, 4) is 5.75 Å². The molecule has 0 amide bonds. The van der Waals surface area contributed by atoms with Gasteiger partial charge in [0.05, 0.1) is 19.0 Å². The Kier molecular flexibility index (Phi) is 8.26. The molecule has 1 heterocycles. The molecule has 0 aromatic heterocycles. The van der Waals surface area contributed by atoms with E-state index in [1.807, 2.05) is 0 Å². The Balaban J connectivity index is 0.00000220. The van der Waals surface area contributed by atoms with Gasteiger partial charge in [0.1, 0.15) is 6.61 Å². The maximum atomic E-state index is 13.0. The zero-order valence-electron chi connectivity index (χ0n) is 12.4. The van der Waals surface area contributed by atoms with Gasteiger partial charge in [0.15, 0.2) is 0 Å². The van der Waals surface area contributed by atoms with Gasteiger partial charge in [-0.2, -0.15) is 0 Å². The number of hydrogen-bond donors (Lipinski definition) is 0. The first-order valence-corrected chi connectivity index (χ1v) is 6.70. The van der Waals surface area contributed by atoms with E-state index in [2.05, 4.69) is 4.90 Å². The average Bonchev–Trinajstić information content (AvgIpc) is 2.40. The summed E-state index contributed by atoms with van der Waals surface area (Å²) in [6.45, 7) is 0.391. The topological polar surface area (TPSA) is 21.7 Å². The molecule has 0 bridgehead atoms. The molecule has 1 aromatic rings. The second kappa shape index (κ2) is 8.91. The van der Waals surface area contributed by atoms with Gasteiger partial charge in [-0.05, 0) is 13.0 Å². The Morgan fingerprint density at radius 2 is 1.90 bits per heavy atom. The van der Waals surface area contributed by atoms with E-state index in [0.717, 1.165) is 19.2 Å². The number of hydrogen-bond acceptors (Lipinski definition) is 3. The minimum absolute atomic E-state index is 0. The van der Waals surface area contributed by atoms with Gasteiger partial charge in [-0.15, -0.1) is 0 Å². The molecule has 0 aliphatic carbocycles. The predicted octanol–water partition coefficient (Wildman–Crippen LogP) is -1.24. The molecule has 8 heteroatoms. The van der Waals surface area contributed by atoms with E-state index in [1.54, 1.807) is 13.0 Å². The molecular formula is C13H18BF3KNO2. The Morgan fingerprint density at radius 1 is 1.24 bits per heavy atom. The summed E-state index contributed by atoms with van der Waals surface area (Å²) in [5.41, 5.74) is -0.0632. The molecule has 1 aliphatic heterocycles. The Morgan fingerprint density at radius 3 is 2.52 bits per heavy atom. The van der Waals surface area contributed by atoms with Crippen molar-refractivity contribution in [2.24, 2.45) is 0 Å². The van der Waals surface area contributed by atoms with Gasteiger partial charge in [0, 0.05) is 19.6 Å². The van der Waals surface area contributed by atoms with Gasteiger partial charge in [0.25, 0.3) is 0 Å². The fourth-order valence-electron chi connectivity index (χ4n) is 2.16. The summed E-state index contributed by atoms with van der Waals surface area (Å²) >= 11 is 0. The van der Waals surface area contributed by atoms with Crippen LogP contribution in [-0.4, -0.2) is 51.3 Å². The molecule has 3 nitrogen and oxygen atoms in total. The predicted molar refractivity (Wildman–Crippen MR) is 72.6 cm³/mol. The minimum atomic E-state index is -5.05. The summed E-state index contributed by atoms with van der Waals surface area (Å²) in [5.74, 6) is -0.0728. The Bertz CT molecular complexity index is 454. The molecule has 112 valence electrons. The molecule has 1 aromatic carbocycles. The number of benzene rings is 1. The van der Waals surface area contributed by atoms with E-state index in [4.69, 9.17) is 9.47 Å². The van der Waals surface area contributed by atoms with Crippen LogP contribution in [0.1, 0.15) is 5.56 Å². The SMILES string of the molecule is Cc1ccc(OCCN2CCOCC2)c([B-](F)(F)F)c1.[K+]. The van der Waals surface area contributed by atoms with E-state index < -0.39 is 12.4 Å². The third-order valence-corrected chi connectivity index (χ3v) is 3.29. The van der Waals surface area contributed by atoms with Gasteiger partial charge < -0.3 is 22.4 Å². The molecule has 0 saturated carbocycles. The van der Waals surface area contributed by atoms with Crippen molar-refractivity contribution < 1.29 is 73.8 Å². The summed E-state index contributed by atoms with van der Waals surface area (Å²) in [6.07, 6.45) is 0. The van der Waals surface area contributed by atoms with Gasteiger partial charge in [-0.1, -0.05) is 23.2 Å². The molecule has 1 fully saturated rings. The number of ether oxygens (including phenoxy) is 2. The first-order chi connectivity index (χ1) is 9.47. The average molecular weight is 327 g/mol. The van der Waals surface area contributed by atoms with Crippen LogP contribution in [0.25, 0.3) is 0 Å². The molecule has 0 unspecified atom stereocenters. The van der Waals surface area contributed by atoms with Crippen molar-refractivity contribution in [1.82, 2.24) is 4.90 Å². The van der Waals surface area contributed by atoms with Crippen LogP contribution in [0.5, 0.6) is 5.75 Å². The third-order valence-electron chi connectivity index (χ3n) is 3.29. The van der Waals surface area contributed by atoms with Crippen molar-refractivity contribution >= 4 is 12.4 Å². The van der Waals surface area contributed by atoms with Gasteiger partial charge in [-0.3, -0.25) is 4.90 Å². The van der Waals surface area contributed by atoms with E-state index in [9.17, 15) is 12.9 Å². The molecule has 21 heavy (non-hydrogen) atoms. The van der Waals surface area contributed by atoms with Crippen molar-refractivity contribution in [3.05, 3.63) is 23.8 Å².